The molecule has 1 aromatic heterocycles. The molecule has 2 heterocycles. The van der Waals surface area contributed by atoms with Crippen LogP contribution in [0.1, 0.15) is 41.6 Å². The summed E-state index contributed by atoms with van der Waals surface area (Å²) in [6.45, 7) is 2.51. The second-order valence-electron chi connectivity index (χ2n) is 8.93. The normalized spacial score (nSPS) is 15.6. The molecule has 1 aliphatic rings. The number of rotatable bonds is 12. The number of benzene rings is 1. The van der Waals surface area contributed by atoms with E-state index in [2.05, 4.69) is 32.7 Å². The first kappa shape index (κ1) is 28.6. The Hall–Kier alpha value is -2.92. The van der Waals surface area contributed by atoms with Gasteiger partial charge in [0.05, 0.1) is 11.3 Å². The van der Waals surface area contributed by atoms with Gasteiger partial charge >= 0.3 is 6.18 Å². The number of amides is 2. The number of carbonyl (C=O) groups excluding carboxylic acids is 3. The molecule has 2 N–H and O–H groups in total. The molecule has 37 heavy (non-hydrogen) atoms. The maximum absolute atomic E-state index is 13.1. The Labute approximate surface area is 218 Å². The number of Topliss-reactive ketones (excluding diaryl/α,β-unsaturated/α-hetero) is 1. The molecule has 1 fully saturated rings. The van der Waals surface area contributed by atoms with Crippen LogP contribution in [0.2, 0.25) is 0 Å². The molecule has 0 saturated carbocycles. The number of hydrogen-bond donors (Lipinski definition) is 2. The highest BCUT2D eigenvalue weighted by atomic mass is 32.2. The number of nitrogens with zero attached hydrogens (tertiary/aromatic N) is 2. The molecule has 200 valence electrons. The molecule has 7 nitrogen and oxygen atoms in total. The minimum atomic E-state index is -4.84. The summed E-state index contributed by atoms with van der Waals surface area (Å²) in [5, 5.41) is 5.76. The van der Waals surface area contributed by atoms with Gasteiger partial charge in [-0.15, -0.1) is 0 Å². The first-order valence-corrected chi connectivity index (χ1v) is 13.3. The van der Waals surface area contributed by atoms with Crippen molar-refractivity contribution in [1.29, 1.82) is 0 Å². The molecule has 2 aromatic rings. The van der Waals surface area contributed by atoms with Gasteiger partial charge < -0.3 is 10.6 Å². The number of nitrogens with one attached hydrogen (secondary N) is 2. The largest absolute Gasteiger partial charge is 0.450 e. The van der Waals surface area contributed by atoms with Gasteiger partial charge in [0.2, 0.25) is 11.7 Å². The van der Waals surface area contributed by atoms with Crippen molar-refractivity contribution in [2.24, 2.45) is 0 Å². The van der Waals surface area contributed by atoms with Gasteiger partial charge in [0.25, 0.3) is 5.91 Å². The molecule has 0 unspecified atom stereocenters. The van der Waals surface area contributed by atoms with Crippen molar-refractivity contribution in [3.05, 3.63) is 66.0 Å². The van der Waals surface area contributed by atoms with Crippen molar-refractivity contribution < 1.29 is 27.6 Å². The highest BCUT2D eigenvalue weighted by molar-refractivity contribution is 7.99. The zero-order valence-electron chi connectivity index (χ0n) is 20.4. The highest BCUT2D eigenvalue weighted by Crippen LogP contribution is 2.20. The molecule has 3 rings (SSSR count). The van der Waals surface area contributed by atoms with E-state index in [0.717, 1.165) is 44.2 Å². The molecule has 0 radical (unpaired) electrons. The molecule has 2 amide bonds. The number of pyridine rings is 1. The number of alkyl halides is 3. The number of piperidine rings is 1. The Morgan fingerprint density at radius 3 is 2.46 bits per heavy atom. The van der Waals surface area contributed by atoms with Crippen LogP contribution in [-0.4, -0.2) is 70.3 Å². The van der Waals surface area contributed by atoms with E-state index in [9.17, 15) is 27.6 Å². The summed E-state index contributed by atoms with van der Waals surface area (Å²) < 4.78 is 37.1. The van der Waals surface area contributed by atoms with Crippen LogP contribution >= 0.6 is 11.8 Å². The molecule has 1 aromatic carbocycles. The lowest BCUT2D eigenvalue weighted by Gasteiger charge is -2.33. The average Bonchev–Trinajstić information content (AvgIpc) is 2.89. The van der Waals surface area contributed by atoms with Crippen molar-refractivity contribution in [1.82, 2.24) is 20.5 Å². The molecule has 1 aliphatic heterocycles. The fraction of sp³-hybridized carbons (Fsp3) is 0.462. The molecule has 1 atom stereocenters. The summed E-state index contributed by atoms with van der Waals surface area (Å²) >= 11 is 0.864. The average molecular weight is 537 g/mol. The van der Waals surface area contributed by atoms with Crippen LogP contribution in [0.25, 0.3) is 0 Å². The summed E-state index contributed by atoms with van der Waals surface area (Å²) in [6.07, 6.45) is 0.225. The van der Waals surface area contributed by atoms with Crippen molar-refractivity contribution in [3.63, 3.8) is 0 Å². The number of hydrogen-bond acceptors (Lipinski definition) is 6. The van der Waals surface area contributed by atoms with Gasteiger partial charge in [-0.3, -0.25) is 24.3 Å². The number of ketones is 1. The van der Waals surface area contributed by atoms with E-state index >= 15 is 0 Å². The van der Waals surface area contributed by atoms with Crippen molar-refractivity contribution in [2.75, 3.05) is 24.6 Å². The quantitative estimate of drug-likeness (QED) is 0.403. The molecule has 0 bridgehead atoms. The van der Waals surface area contributed by atoms with Gasteiger partial charge in [-0.05, 0) is 49.1 Å². The van der Waals surface area contributed by atoms with Crippen LogP contribution in [-0.2, 0) is 16.1 Å². The van der Waals surface area contributed by atoms with Gasteiger partial charge in [-0.1, -0.05) is 30.3 Å². The van der Waals surface area contributed by atoms with E-state index in [1.54, 1.807) is 12.1 Å². The number of carbonyl (C=O) groups is 3. The Morgan fingerprint density at radius 2 is 1.81 bits per heavy atom. The van der Waals surface area contributed by atoms with Crippen LogP contribution in [0, 0.1) is 0 Å². The minimum Gasteiger partial charge on any atom is -0.351 e. The third-order valence-corrected chi connectivity index (χ3v) is 7.10. The van der Waals surface area contributed by atoms with Crippen LogP contribution in [0.15, 0.2) is 54.9 Å². The smallest absolute Gasteiger partial charge is 0.351 e. The lowest BCUT2D eigenvalue weighted by molar-refractivity contribution is -0.167. The monoisotopic (exact) mass is 536 g/mol. The fourth-order valence-electron chi connectivity index (χ4n) is 4.02. The van der Waals surface area contributed by atoms with E-state index in [-0.39, 0.29) is 24.1 Å². The fourth-order valence-corrected chi connectivity index (χ4v) is 4.89. The van der Waals surface area contributed by atoms with Crippen LogP contribution in [0.4, 0.5) is 13.2 Å². The van der Waals surface area contributed by atoms with Crippen molar-refractivity contribution in [3.8, 4) is 0 Å². The maximum atomic E-state index is 13.1. The second-order valence-corrected chi connectivity index (χ2v) is 10.0. The number of likely N-dealkylation sites (tertiary alicyclic amines) is 1. The van der Waals surface area contributed by atoms with E-state index in [1.165, 1.54) is 18.0 Å². The molecule has 0 aliphatic carbocycles. The summed E-state index contributed by atoms with van der Waals surface area (Å²) in [5.74, 6) is -2.97. The van der Waals surface area contributed by atoms with Crippen molar-refractivity contribution in [2.45, 2.75) is 50.5 Å². The Balaban J connectivity index is 1.50. The number of thioether (sulfide) groups is 1. The van der Waals surface area contributed by atoms with E-state index in [4.69, 9.17) is 0 Å². The zero-order valence-corrected chi connectivity index (χ0v) is 21.2. The predicted octanol–water partition coefficient (Wildman–Crippen LogP) is 3.61. The predicted molar refractivity (Wildman–Crippen MR) is 136 cm³/mol. The van der Waals surface area contributed by atoms with Crippen LogP contribution < -0.4 is 10.6 Å². The maximum Gasteiger partial charge on any atom is 0.450 e. The standard InChI is InChI=1S/C26H31F3N4O3S/c27-26(28,29)23(34)18-37-15-5-9-22(32-24(35)20-8-4-12-30-16-20)25(36)31-21-10-13-33(14-11-21)17-19-6-2-1-3-7-19/h1-4,6-8,12,16,21-22H,5,9-11,13-15,17-18H2,(H,31,36)(H,32,35)/t22-/m0/s1. The summed E-state index contributed by atoms with van der Waals surface area (Å²) in [7, 11) is 0. The van der Waals surface area contributed by atoms with Crippen molar-refractivity contribution >= 4 is 29.4 Å². The zero-order chi connectivity index (χ0) is 26.7. The van der Waals surface area contributed by atoms with E-state index in [0.29, 0.717) is 12.0 Å². The van der Waals surface area contributed by atoms with Crippen LogP contribution in [0.3, 0.4) is 0 Å². The first-order valence-electron chi connectivity index (χ1n) is 12.2. The Kier molecular flexibility index (Phi) is 10.9. The van der Waals surface area contributed by atoms with E-state index < -0.39 is 29.7 Å². The summed E-state index contributed by atoms with van der Waals surface area (Å²) in [4.78, 5) is 43.0. The summed E-state index contributed by atoms with van der Waals surface area (Å²) in [6, 6.07) is 12.5. The number of aromatic nitrogens is 1. The highest BCUT2D eigenvalue weighted by Gasteiger charge is 2.37. The Morgan fingerprint density at radius 1 is 1.08 bits per heavy atom. The van der Waals surface area contributed by atoms with E-state index in [1.807, 2.05) is 18.2 Å². The van der Waals surface area contributed by atoms with Crippen LogP contribution in [0.5, 0.6) is 0 Å². The third-order valence-electron chi connectivity index (χ3n) is 6.06. The van der Waals surface area contributed by atoms with Gasteiger partial charge in [0.1, 0.15) is 6.04 Å². The van der Waals surface area contributed by atoms with Gasteiger partial charge in [0.15, 0.2) is 0 Å². The third kappa shape index (κ3) is 9.81. The SMILES string of the molecule is O=C(N[C@@H](CCCSCC(=O)C(F)(F)F)C(=O)NC1CCN(Cc2ccccc2)CC1)c1cccnc1. The summed E-state index contributed by atoms with van der Waals surface area (Å²) in [5.41, 5.74) is 1.54. The molecular formula is C26H31F3N4O3S. The first-order chi connectivity index (χ1) is 17.7. The Bertz CT molecular complexity index is 1020. The molecular weight excluding hydrogens is 505 g/mol. The lowest BCUT2D eigenvalue weighted by atomic mass is 10.0. The molecule has 0 spiro atoms. The number of halogens is 3. The molecule has 11 heteroatoms. The second kappa shape index (κ2) is 14.1. The topological polar surface area (TPSA) is 91.4 Å². The molecule has 1 saturated heterocycles. The lowest BCUT2D eigenvalue weighted by Crippen LogP contribution is -2.52. The van der Waals surface area contributed by atoms with Gasteiger partial charge in [0, 0.05) is 38.1 Å². The minimum absolute atomic E-state index is 0.0314. The van der Waals surface area contributed by atoms with Gasteiger partial charge in [-0.2, -0.15) is 24.9 Å². The van der Waals surface area contributed by atoms with Gasteiger partial charge in [-0.25, -0.2) is 0 Å².